The van der Waals surface area contributed by atoms with Crippen molar-refractivity contribution >= 4 is 20.9 Å². The molecule has 1 aromatic heterocycles. The van der Waals surface area contributed by atoms with Crippen LogP contribution in [-0.2, 0) is 15.3 Å². The molecule has 0 aliphatic carbocycles. The highest BCUT2D eigenvalue weighted by molar-refractivity contribution is 7.91. The van der Waals surface area contributed by atoms with E-state index in [-0.39, 0.29) is 32.1 Å². The Morgan fingerprint density at radius 3 is 1.97 bits per heavy atom. The van der Waals surface area contributed by atoms with Gasteiger partial charge < -0.3 is 5.11 Å². The van der Waals surface area contributed by atoms with Crippen LogP contribution < -0.4 is 0 Å². The summed E-state index contributed by atoms with van der Waals surface area (Å²) >= 11 is 0. The molecule has 1 N–H and O–H groups in total. The number of aromatic nitrogens is 3. The Kier molecular flexibility index (Phi) is 5.80. The Balaban J connectivity index is 1.99. The first kappa shape index (κ1) is 24.0. The quantitative estimate of drug-likeness (QED) is 0.382. The Labute approximate surface area is 201 Å². The molecule has 0 saturated heterocycles. The largest absolute Gasteiger partial charge is 0.504 e. The molecule has 0 aliphatic rings. The highest BCUT2D eigenvalue weighted by atomic mass is 32.2. The van der Waals surface area contributed by atoms with Crippen LogP contribution in [0.2, 0.25) is 0 Å². The van der Waals surface area contributed by atoms with Crippen LogP contribution in [0, 0.1) is 12.3 Å². The van der Waals surface area contributed by atoms with Crippen molar-refractivity contribution in [3.05, 3.63) is 71.8 Å². The number of aryl methyl sites for hydroxylation is 1. The van der Waals surface area contributed by atoms with Gasteiger partial charge in [-0.2, -0.15) is 0 Å². The summed E-state index contributed by atoms with van der Waals surface area (Å²) < 4.78 is 27.4. The molecule has 6 nitrogen and oxygen atoms in total. The van der Waals surface area contributed by atoms with Gasteiger partial charge in [-0.1, -0.05) is 64.4 Å². The van der Waals surface area contributed by atoms with Gasteiger partial charge in [-0.3, -0.25) is 0 Å². The fourth-order valence-corrected chi connectivity index (χ4v) is 5.97. The summed E-state index contributed by atoms with van der Waals surface area (Å²) in [5, 5.41) is 20.3. The van der Waals surface area contributed by atoms with Crippen molar-refractivity contribution in [1.29, 1.82) is 0 Å². The zero-order valence-corrected chi connectivity index (χ0v) is 21.3. The predicted octanol–water partition coefficient (Wildman–Crippen LogP) is 5.98. The highest BCUT2D eigenvalue weighted by Gasteiger charge is 2.32. The minimum atomic E-state index is -3.99. The lowest BCUT2D eigenvalue weighted by atomic mass is 9.72. The number of hydrogen-bond acceptors (Lipinski definition) is 5. The van der Waals surface area contributed by atoms with E-state index < -0.39 is 9.84 Å². The molecule has 0 aliphatic heterocycles. The number of rotatable bonds is 5. The summed E-state index contributed by atoms with van der Waals surface area (Å²) in [6.07, 6.45) is 0.808. The average Bonchev–Trinajstić information content (AvgIpc) is 3.16. The third kappa shape index (κ3) is 4.57. The summed E-state index contributed by atoms with van der Waals surface area (Å²) in [7, 11) is -3.99. The van der Waals surface area contributed by atoms with Gasteiger partial charge in [0.05, 0.1) is 4.90 Å². The molecule has 34 heavy (non-hydrogen) atoms. The fourth-order valence-electron chi connectivity index (χ4n) is 4.58. The number of phenolic OH excluding ortho intramolecular Hbond substituents is 1. The summed E-state index contributed by atoms with van der Waals surface area (Å²) in [5.41, 5.74) is 2.94. The lowest BCUT2D eigenvalue weighted by Crippen LogP contribution is -2.25. The second-order valence-corrected chi connectivity index (χ2v) is 12.7. The molecule has 0 atom stereocenters. The second-order valence-electron chi connectivity index (χ2n) is 10.8. The third-order valence-corrected chi connectivity index (χ3v) is 7.71. The van der Waals surface area contributed by atoms with Crippen molar-refractivity contribution in [3.63, 3.8) is 0 Å². The molecule has 7 heteroatoms. The van der Waals surface area contributed by atoms with Crippen LogP contribution in [0.1, 0.15) is 52.2 Å². The molecule has 0 spiro atoms. The van der Waals surface area contributed by atoms with E-state index in [1.165, 1.54) is 4.80 Å². The number of benzene rings is 3. The predicted molar refractivity (Wildman–Crippen MR) is 134 cm³/mol. The summed E-state index contributed by atoms with van der Waals surface area (Å²) in [6.45, 7) is 12.5. The van der Waals surface area contributed by atoms with Gasteiger partial charge in [-0.05, 0) is 66.1 Å². The maximum absolute atomic E-state index is 13.7. The first-order valence-electron chi connectivity index (χ1n) is 11.3. The summed E-state index contributed by atoms with van der Waals surface area (Å²) in [6, 6.07) is 17.4. The highest BCUT2D eigenvalue weighted by Crippen LogP contribution is 2.42. The normalized spacial score (nSPS) is 12.9. The first-order chi connectivity index (χ1) is 15.8. The van der Waals surface area contributed by atoms with Gasteiger partial charge in [-0.25, -0.2) is 8.42 Å². The van der Waals surface area contributed by atoms with E-state index in [1.54, 1.807) is 36.4 Å². The number of sulfone groups is 1. The van der Waals surface area contributed by atoms with Crippen molar-refractivity contribution in [2.24, 2.45) is 5.41 Å². The Morgan fingerprint density at radius 2 is 1.44 bits per heavy atom. The van der Waals surface area contributed by atoms with Crippen LogP contribution in [0.4, 0.5) is 0 Å². The number of hydrogen-bond donors (Lipinski definition) is 1. The molecule has 178 valence electrons. The molecular weight excluding hydrogens is 446 g/mol. The molecule has 0 fully saturated rings. The number of aromatic hydroxyl groups is 1. The maximum Gasteiger partial charge on any atom is 0.210 e. The molecule has 0 saturated carbocycles. The van der Waals surface area contributed by atoms with E-state index in [0.717, 1.165) is 17.5 Å². The SMILES string of the molecule is Cc1ccc(S(=O)(=O)c2cc(C(C)(C)CC(C)(C)C)cc(-n3nc4ccccc4n3)c2O)cc1. The van der Waals surface area contributed by atoms with E-state index in [9.17, 15) is 13.5 Å². The summed E-state index contributed by atoms with van der Waals surface area (Å²) in [5.74, 6) is -0.365. The topological polar surface area (TPSA) is 85.1 Å². The van der Waals surface area contributed by atoms with Crippen LogP contribution >= 0.6 is 0 Å². The van der Waals surface area contributed by atoms with Gasteiger partial charge in [0.15, 0.2) is 5.75 Å². The van der Waals surface area contributed by atoms with Gasteiger partial charge in [0, 0.05) is 0 Å². The van der Waals surface area contributed by atoms with Gasteiger partial charge in [0.25, 0.3) is 0 Å². The minimum Gasteiger partial charge on any atom is -0.504 e. The van der Waals surface area contributed by atoms with Crippen molar-refractivity contribution < 1.29 is 13.5 Å². The third-order valence-electron chi connectivity index (χ3n) is 5.93. The molecule has 0 amide bonds. The van der Waals surface area contributed by atoms with Gasteiger partial charge >= 0.3 is 0 Å². The monoisotopic (exact) mass is 477 g/mol. The summed E-state index contributed by atoms with van der Waals surface area (Å²) in [4.78, 5) is 1.31. The maximum atomic E-state index is 13.7. The fraction of sp³-hybridized carbons (Fsp3) is 0.333. The zero-order valence-electron chi connectivity index (χ0n) is 20.5. The average molecular weight is 478 g/mol. The van der Waals surface area contributed by atoms with Crippen LogP contribution in [0.15, 0.2) is 70.5 Å². The van der Waals surface area contributed by atoms with E-state index in [2.05, 4.69) is 44.8 Å². The van der Waals surface area contributed by atoms with E-state index in [4.69, 9.17) is 0 Å². The Morgan fingerprint density at radius 1 is 0.882 bits per heavy atom. The standard InChI is InChI=1S/C27H31N3O3S/c1-18-11-13-20(14-12-18)34(32,33)24-16-19(27(5,6)17-26(2,3)4)15-23(25(24)31)30-28-21-9-7-8-10-22(21)29-30/h7-16,31H,17H2,1-6H3. The Hall–Kier alpha value is -3.19. The van der Waals surface area contributed by atoms with E-state index in [0.29, 0.717) is 11.0 Å². The lowest BCUT2D eigenvalue weighted by Gasteiger charge is -2.33. The van der Waals surface area contributed by atoms with E-state index >= 15 is 0 Å². The molecule has 4 aromatic rings. The van der Waals surface area contributed by atoms with Crippen LogP contribution in [0.3, 0.4) is 0 Å². The molecule has 0 radical (unpaired) electrons. The number of phenols is 1. The van der Waals surface area contributed by atoms with Gasteiger partial charge in [0.1, 0.15) is 21.6 Å². The molecule has 0 unspecified atom stereocenters. The molecule has 4 rings (SSSR count). The molecule has 3 aromatic carbocycles. The van der Waals surface area contributed by atoms with Gasteiger partial charge in [0.2, 0.25) is 9.84 Å². The zero-order chi connectivity index (χ0) is 24.9. The van der Waals surface area contributed by atoms with Crippen molar-refractivity contribution in [1.82, 2.24) is 15.0 Å². The first-order valence-corrected chi connectivity index (χ1v) is 12.8. The van der Waals surface area contributed by atoms with Crippen LogP contribution in [-0.4, -0.2) is 28.5 Å². The van der Waals surface area contributed by atoms with Crippen LogP contribution in [0.25, 0.3) is 16.7 Å². The molecule has 0 bridgehead atoms. The number of fused-ring (bicyclic) bond motifs is 1. The van der Waals surface area contributed by atoms with Gasteiger partial charge in [-0.15, -0.1) is 15.0 Å². The van der Waals surface area contributed by atoms with Crippen molar-refractivity contribution in [2.45, 2.75) is 63.2 Å². The van der Waals surface area contributed by atoms with Crippen LogP contribution in [0.5, 0.6) is 5.75 Å². The van der Waals surface area contributed by atoms with Crippen molar-refractivity contribution in [2.75, 3.05) is 0 Å². The lowest BCUT2D eigenvalue weighted by molar-refractivity contribution is 0.283. The van der Waals surface area contributed by atoms with Crippen molar-refractivity contribution in [3.8, 4) is 11.4 Å². The molecule has 1 heterocycles. The van der Waals surface area contributed by atoms with E-state index in [1.807, 2.05) is 31.2 Å². The smallest absolute Gasteiger partial charge is 0.210 e. The number of nitrogens with zero attached hydrogens (tertiary/aromatic N) is 3. The minimum absolute atomic E-state index is 0.0101. The molecular formula is C27H31N3O3S. The second kappa shape index (κ2) is 8.24. The Bertz CT molecular complexity index is 1430.